The molecular formula is C23H21BrClN3O4S. The number of hydrazone groups is 1. The Morgan fingerprint density at radius 3 is 2.48 bits per heavy atom. The lowest BCUT2D eigenvalue weighted by Gasteiger charge is -2.21. The molecule has 0 aliphatic carbocycles. The fraction of sp³-hybridized carbons (Fsp3) is 0.130. The van der Waals surface area contributed by atoms with Gasteiger partial charge in [-0.15, -0.1) is 0 Å². The second-order valence-corrected chi connectivity index (χ2v) is 10.3. The van der Waals surface area contributed by atoms with Crippen LogP contribution in [0.15, 0.2) is 87.3 Å². The molecule has 33 heavy (non-hydrogen) atoms. The number of nitrogens with one attached hydrogen (secondary N) is 1. The summed E-state index contributed by atoms with van der Waals surface area (Å²) in [5.74, 6) is -0.627. The number of carbonyl (C=O) groups is 1. The van der Waals surface area contributed by atoms with E-state index in [1.54, 1.807) is 12.1 Å². The van der Waals surface area contributed by atoms with Gasteiger partial charge in [-0.2, -0.15) is 9.41 Å². The van der Waals surface area contributed by atoms with Crippen molar-refractivity contribution in [1.82, 2.24) is 9.73 Å². The molecule has 0 saturated heterocycles. The molecule has 0 radical (unpaired) electrons. The molecule has 0 aromatic heterocycles. The maximum absolute atomic E-state index is 13.2. The monoisotopic (exact) mass is 549 g/mol. The van der Waals surface area contributed by atoms with Crippen LogP contribution in [0.25, 0.3) is 0 Å². The highest BCUT2D eigenvalue weighted by Crippen LogP contribution is 2.20. The first kappa shape index (κ1) is 24.9. The molecule has 10 heteroatoms. The molecule has 7 nitrogen and oxygen atoms in total. The molecule has 3 aromatic rings. The van der Waals surface area contributed by atoms with Crippen LogP contribution in [0.4, 0.5) is 0 Å². The van der Waals surface area contributed by atoms with E-state index in [1.165, 1.54) is 36.5 Å². The molecule has 1 amide bonds. The summed E-state index contributed by atoms with van der Waals surface area (Å²) in [5.41, 5.74) is 3.65. The summed E-state index contributed by atoms with van der Waals surface area (Å²) in [6, 6.07) is 19.9. The van der Waals surface area contributed by atoms with Crippen molar-refractivity contribution >= 4 is 49.7 Å². The van der Waals surface area contributed by atoms with Crippen molar-refractivity contribution in [3.05, 3.63) is 93.4 Å². The molecule has 3 rings (SSSR count). The van der Waals surface area contributed by atoms with Crippen molar-refractivity contribution in [2.24, 2.45) is 5.10 Å². The van der Waals surface area contributed by atoms with Gasteiger partial charge in [0.25, 0.3) is 5.91 Å². The number of halogens is 2. The van der Waals surface area contributed by atoms with E-state index in [0.29, 0.717) is 17.0 Å². The largest absolute Gasteiger partial charge is 0.507 e. The first-order chi connectivity index (χ1) is 15.8. The Bertz CT molecular complexity index is 1240. The minimum absolute atomic E-state index is 0.00833. The summed E-state index contributed by atoms with van der Waals surface area (Å²) in [6.07, 6.45) is 1.70. The SMILES string of the molecule is O=C(CN(CCc1ccccc1)S(=O)(=O)c1ccc(Cl)cc1)N/N=C\c1cc(Br)ccc1O. The molecule has 172 valence electrons. The average molecular weight is 551 g/mol. The van der Waals surface area contributed by atoms with Crippen LogP contribution in [0.2, 0.25) is 5.02 Å². The lowest BCUT2D eigenvalue weighted by Crippen LogP contribution is -2.40. The molecule has 0 atom stereocenters. The zero-order chi connectivity index (χ0) is 23.8. The first-order valence-electron chi connectivity index (χ1n) is 9.86. The van der Waals surface area contributed by atoms with E-state index in [0.717, 1.165) is 14.3 Å². The normalized spacial score (nSPS) is 11.7. The van der Waals surface area contributed by atoms with Gasteiger partial charge in [-0.25, -0.2) is 13.8 Å². The Labute approximate surface area is 205 Å². The summed E-state index contributed by atoms with van der Waals surface area (Å²) in [4.78, 5) is 12.6. The Hall–Kier alpha value is -2.72. The number of nitrogens with zero attached hydrogens (tertiary/aromatic N) is 2. The van der Waals surface area contributed by atoms with Crippen LogP contribution in [0, 0.1) is 0 Å². The van der Waals surface area contributed by atoms with Gasteiger partial charge in [-0.05, 0) is 54.4 Å². The van der Waals surface area contributed by atoms with Crippen molar-refractivity contribution in [1.29, 1.82) is 0 Å². The smallest absolute Gasteiger partial charge is 0.255 e. The van der Waals surface area contributed by atoms with Crippen LogP contribution >= 0.6 is 27.5 Å². The van der Waals surface area contributed by atoms with Gasteiger partial charge in [0, 0.05) is 21.6 Å². The molecule has 0 spiro atoms. The molecule has 0 unspecified atom stereocenters. The van der Waals surface area contributed by atoms with Gasteiger partial charge in [0.2, 0.25) is 10.0 Å². The number of phenols is 1. The van der Waals surface area contributed by atoms with E-state index < -0.39 is 22.5 Å². The first-order valence-corrected chi connectivity index (χ1v) is 12.5. The van der Waals surface area contributed by atoms with E-state index in [9.17, 15) is 18.3 Å². The third kappa shape index (κ3) is 7.13. The second kappa shape index (κ2) is 11.4. The maximum Gasteiger partial charge on any atom is 0.255 e. The van der Waals surface area contributed by atoms with Gasteiger partial charge in [-0.1, -0.05) is 57.9 Å². The van der Waals surface area contributed by atoms with E-state index in [4.69, 9.17) is 11.6 Å². The molecular weight excluding hydrogens is 530 g/mol. The number of hydrogen-bond acceptors (Lipinski definition) is 5. The molecule has 0 heterocycles. The molecule has 3 aromatic carbocycles. The minimum atomic E-state index is -3.96. The Morgan fingerprint density at radius 2 is 1.79 bits per heavy atom. The third-order valence-electron chi connectivity index (χ3n) is 4.65. The number of rotatable bonds is 9. The number of phenolic OH excluding ortho intramolecular Hbond substituents is 1. The van der Waals surface area contributed by atoms with Crippen LogP contribution in [0.1, 0.15) is 11.1 Å². The third-order valence-corrected chi connectivity index (χ3v) is 7.25. The number of sulfonamides is 1. The lowest BCUT2D eigenvalue weighted by atomic mass is 10.1. The van der Waals surface area contributed by atoms with Crippen LogP contribution < -0.4 is 5.43 Å². The summed E-state index contributed by atoms with van der Waals surface area (Å²) < 4.78 is 28.2. The van der Waals surface area contributed by atoms with Crippen molar-refractivity contribution in [2.75, 3.05) is 13.1 Å². The van der Waals surface area contributed by atoms with Crippen LogP contribution in [0.3, 0.4) is 0 Å². The molecule has 0 fully saturated rings. The highest BCUT2D eigenvalue weighted by atomic mass is 79.9. The molecule has 2 N–H and O–H groups in total. The van der Waals surface area contributed by atoms with Gasteiger partial charge < -0.3 is 5.11 Å². The standard InChI is InChI=1S/C23H21BrClN3O4S/c24-19-6-11-22(29)18(14-19)15-26-27-23(30)16-28(13-12-17-4-2-1-3-5-17)33(31,32)21-9-7-20(25)8-10-21/h1-11,14-15,29H,12-13,16H2,(H,27,30)/b26-15-. The fourth-order valence-corrected chi connectivity index (χ4v) is 4.84. The summed E-state index contributed by atoms with van der Waals surface area (Å²) in [5, 5.41) is 14.1. The summed E-state index contributed by atoms with van der Waals surface area (Å²) in [6.45, 7) is -0.335. The summed E-state index contributed by atoms with van der Waals surface area (Å²) in [7, 11) is -3.96. The van der Waals surface area contributed by atoms with Crippen molar-refractivity contribution in [2.45, 2.75) is 11.3 Å². The Kier molecular flexibility index (Phi) is 8.62. The minimum Gasteiger partial charge on any atom is -0.507 e. The second-order valence-electron chi connectivity index (χ2n) is 7.02. The van der Waals surface area contributed by atoms with Crippen LogP contribution in [0.5, 0.6) is 5.75 Å². The van der Waals surface area contributed by atoms with Gasteiger partial charge in [-0.3, -0.25) is 4.79 Å². The van der Waals surface area contributed by atoms with Crippen molar-refractivity contribution in [3.63, 3.8) is 0 Å². The molecule has 0 saturated carbocycles. The van der Waals surface area contributed by atoms with Gasteiger partial charge in [0.1, 0.15) is 5.75 Å². The molecule has 0 bridgehead atoms. The zero-order valence-corrected chi connectivity index (χ0v) is 20.5. The van der Waals surface area contributed by atoms with Gasteiger partial charge in [0.05, 0.1) is 17.7 Å². The van der Waals surface area contributed by atoms with Crippen LogP contribution in [-0.2, 0) is 21.2 Å². The number of benzene rings is 3. The predicted octanol–water partition coefficient (Wildman–Crippen LogP) is 4.19. The Balaban J connectivity index is 1.75. The lowest BCUT2D eigenvalue weighted by molar-refractivity contribution is -0.121. The number of hydrogen-bond donors (Lipinski definition) is 2. The zero-order valence-electron chi connectivity index (χ0n) is 17.4. The van der Waals surface area contributed by atoms with Crippen molar-refractivity contribution in [3.8, 4) is 5.75 Å². The molecule has 0 aliphatic heterocycles. The van der Waals surface area contributed by atoms with E-state index in [2.05, 4.69) is 26.5 Å². The van der Waals surface area contributed by atoms with E-state index in [1.807, 2.05) is 30.3 Å². The Morgan fingerprint density at radius 1 is 1.09 bits per heavy atom. The number of amides is 1. The highest BCUT2D eigenvalue weighted by Gasteiger charge is 2.26. The van der Waals surface area contributed by atoms with Crippen LogP contribution in [-0.4, -0.2) is 43.0 Å². The quantitative estimate of drug-likeness (QED) is 0.308. The fourth-order valence-electron chi connectivity index (χ4n) is 2.94. The number of aromatic hydroxyl groups is 1. The van der Waals surface area contributed by atoms with Crippen molar-refractivity contribution < 1.29 is 18.3 Å². The van der Waals surface area contributed by atoms with E-state index >= 15 is 0 Å². The highest BCUT2D eigenvalue weighted by molar-refractivity contribution is 9.10. The average Bonchev–Trinajstić information content (AvgIpc) is 2.80. The van der Waals surface area contributed by atoms with Gasteiger partial charge in [0.15, 0.2) is 0 Å². The molecule has 0 aliphatic rings. The predicted molar refractivity (Wildman–Crippen MR) is 132 cm³/mol. The topological polar surface area (TPSA) is 99.1 Å². The number of carbonyl (C=O) groups excluding carboxylic acids is 1. The maximum atomic E-state index is 13.2. The van der Waals surface area contributed by atoms with Gasteiger partial charge >= 0.3 is 0 Å². The van der Waals surface area contributed by atoms with E-state index in [-0.39, 0.29) is 17.2 Å². The summed E-state index contributed by atoms with van der Waals surface area (Å²) >= 11 is 9.18.